The predicted molar refractivity (Wildman–Crippen MR) is 88.8 cm³/mol. The molecule has 0 aliphatic heterocycles. The number of carbonyl (C=O) groups is 1. The monoisotopic (exact) mass is 314 g/mol. The second-order valence-corrected chi connectivity index (χ2v) is 5.28. The minimum atomic E-state index is 0.0469. The van der Waals surface area contributed by atoms with Gasteiger partial charge < -0.3 is 14.4 Å². The van der Waals surface area contributed by atoms with E-state index in [-0.39, 0.29) is 12.3 Å². The fraction of sp³-hybridized carbons (Fsp3) is 0.333. The van der Waals surface area contributed by atoms with Gasteiger partial charge in [0.1, 0.15) is 11.5 Å². The molecule has 5 heteroatoms. The molecule has 0 unspecified atom stereocenters. The molecule has 1 aromatic carbocycles. The summed E-state index contributed by atoms with van der Waals surface area (Å²) in [5.41, 5.74) is 1.99. The number of hydrogen-bond donors (Lipinski definition) is 0. The third-order valence-corrected chi connectivity index (χ3v) is 3.74. The van der Waals surface area contributed by atoms with Gasteiger partial charge in [-0.3, -0.25) is 9.78 Å². The van der Waals surface area contributed by atoms with Gasteiger partial charge in [-0.25, -0.2) is 0 Å². The maximum Gasteiger partial charge on any atom is 0.226 e. The van der Waals surface area contributed by atoms with Crippen LogP contribution in [0.1, 0.15) is 11.1 Å². The van der Waals surface area contributed by atoms with Gasteiger partial charge in [-0.2, -0.15) is 0 Å². The zero-order chi connectivity index (χ0) is 16.7. The smallest absolute Gasteiger partial charge is 0.226 e. The molecule has 2 aromatic rings. The average Bonchev–Trinajstić information content (AvgIpc) is 2.60. The van der Waals surface area contributed by atoms with Gasteiger partial charge in [-0.1, -0.05) is 0 Å². The van der Waals surface area contributed by atoms with Gasteiger partial charge in [0, 0.05) is 31.5 Å². The topological polar surface area (TPSA) is 51.7 Å². The van der Waals surface area contributed by atoms with Crippen molar-refractivity contribution >= 4 is 5.91 Å². The number of amides is 1. The van der Waals surface area contributed by atoms with E-state index in [1.54, 1.807) is 31.5 Å². The zero-order valence-corrected chi connectivity index (χ0v) is 13.8. The molecular formula is C18H22N2O3. The lowest BCUT2D eigenvalue weighted by Crippen LogP contribution is -2.30. The van der Waals surface area contributed by atoms with Crippen LogP contribution in [0.25, 0.3) is 0 Å². The van der Waals surface area contributed by atoms with Gasteiger partial charge >= 0.3 is 0 Å². The van der Waals surface area contributed by atoms with E-state index in [0.717, 1.165) is 12.0 Å². The average molecular weight is 314 g/mol. The quantitative estimate of drug-likeness (QED) is 0.787. The van der Waals surface area contributed by atoms with Crippen molar-refractivity contribution in [1.82, 2.24) is 9.88 Å². The van der Waals surface area contributed by atoms with E-state index in [1.807, 2.05) is 37.4 Å². The van der Waals surface area contributed by atoms with E-state index in [1.165, 1.54) is 5.56 Å². The molecule has 122 valence electrons. The molecule has 0 spiro atoms. The summed E-state index contributed by atoms with van der Waals surface area (Å²) in [6.45, 7) is 0.662. The molecular weight excluding hydrogens is 292 g/mol. The molecule has 0 aliphatic rings. The van der Waals surface area contributed by atoms with Gasteiger partial charge in [0.05, 0.1) is 20.6 Å². The second kappa shape index (κ2) is 8.17. The van der Waals surface area contributed by atoms with Crippen molar-refractivity contribution in [1.29, 1.82) is 0 Å². The first-order chi connectivity index (χ1) is 11.1. The lowest BCUT2D eigenvalue weighted by Gasteiger charge is -2.18. The fourth-order valence-corrected chi connectivity index (χ4v) is 2.29. The number of likely N-dealkylation sites (N-methyl/N-ethyl adjacent to an activating group) is 1. The number of hydrogen-bond acceptors (Lipinski definition) is 4. The van der Waals surface area contributed by atoms with Crippen molar-refractivity contribution in [2.24, 2.45) is 0 Å². The third kappa shape index (κ3) is 4.71. The normalized spacial score (nSPS) is 10.2. The number of nitrogens with zero attached hydrogens (tertiary/aromatic N) is 2. The van der Waals surface area contributed by atoms with Crippen molar-refractivity contribution in [3.8, 4) is 11.5 Å². The van der Waals surface area contributed by atoms with E-state index in [4.69, 9.17) is 9.47 Å². The summed E-state index contributed by atoms with van der Waals surface area (Å²) in [6, 6.07) is 9.40. The summed E-state index contributed by atoms with van der Waals surface area (Å²) in [5.74, 6) is 1.46. The van der Waals surface area contributed by atoms with Crippen molar-refractivity contribution in [3.05, 3.63) is 53.9 Å². The van der Waals surface area contributed by atoms with Gasteiger partial charge in [0.15, 0.2) is 0 Å². The Morgan fingerprint density at radius 3 is 2.52 bits per heavy atom. The van der Waals surface area contributed by atoms with Crippen LogP contribution >= 0.6 is 0 Å². The second-order valence-electron chi connectivity index (χ2n) is 5.28. The summed E-state index contributed by atoms with van der Waals surface area (Å²) >= 11 is 0. The molecule has 23 heavy (non-hydrogen) atoms. The predicted octanol–water partition coefficient (Wildman–Crippen LogP) is 2.34. The van der Waals surface area contributed by atoms with Crippen LogP contribution in [0.5, 0.6) is 11.5 Å². The SMILES string of the molecule is COc1ccc(OC)c(CC(=O)N(C)CCc2ccncc2)c1. The Labute approximate surface area is 136 Å². The first-order valence-electron chi connectivity index (χ1n) is 7.48. The minimum absolute atomic E-state index is 0.0469. The molecule has 0 fully saturated rings. The summed E-state index contributed by atoms with van der Waals surface area (Å²) < 4.78 is 10.5. The van der Waals surface area contributed by atoms with Crippen LogP contribution in [-0.2, 0) is 17.6 Å². The number of benzene rings is 1. The number of ether oxygens (including phenoxy) is 2. The number of pyridine rings is 1. The summed E-state index contributed by atoms with van der Waals surface area (Å²) in [4.78, 5) is 18.1. The highest BCUT2D eigenvalue weighted by atomic mass is 16.5. The van der Waals surface area contributed by atoms with E-state index in [9.17, 15) is 4.79 Å². The Kier molecular flexibility index (Phi) is 5.97. The molecule has 0 saturated heterocycles. The largest absolute Gasteiger partial charge is 0.497 e. The van der Waals surface area contributed by atoms with Crippen molar-refractivity contribution in [3.63, 3.8) is 0 Å². The molecule has 1 amide bonds. The Morgan fingerprint density at radius 1 is 1.13 bits per heavy atom. The molecule has 1 aromatic heterocycles. The Balaban J connectivity index is 1.98. The van der Waals surface area contributed by atoms with Crippen molar-refractivity contribution in [2.75, 3.05) is 27.8 Å². The van der Waals surface area contributed by atoms with Crippen molar-refractivity contribution < 1.29 is 14.3 Å². The van der Waals surface area contributed by atoms with E-state index in [2.05, 4.69) is 4.98 Å². The van der Waals surface area contributed by atoms with Crippen LogP contribution in [-0.4, -0.2) is 43.6 Å². The first kappa shape index (κ1) is 16.8. The van der Waals surface area contributed by atoms with Gasteiger partial charge in [-0.05, 0) is 42.3 Å². The number of aromatic nitrogens is 1. The van der Waals surface area contributed by atoms with Gasteiger partial charge in [0.25, 0.3) is 0 Å². The van der Waals surface area contributed by atoms with Crippen LogP contribution in [0.15, 0.2) is 42.7 Å². The summed E-state index contributed by atoms with van der Waals surface area (Å²) in [6.07, 6.45) is 4.61. The number of methoxy groups -OCH3 is 2. The summed E-state index contributed by atoms with van der Waals surface area (Å²) in [7, 11) is 5.02. The molecule has 0 atom stereocenters. The highest BCUT2D eigenvalue weighted by Gasteiger charge is 2.14. The molecule has 0 aliphatic carbocycles. The molecule has 2 rings (SSSR count). The maximum atomic E-state index is 12.4. The number of carbonyl (C=O) groups excluding carboxylic acids is 1. The van der Waals surface area contributed by atoms with Crippen LogP contribution in [0.3, 0.4) is 0 Å². The Hall–Kier alpha value is -2.56. The van der Waals surface area contributed by atoms with Crippen LogP contribution in [0, 0.1) is 0 Å². The van der Waals surface area contributed by atoms with E-state index < -0.39 is 0 Å². The van der Waals surface area contributed by atoms with Crippen LogP contribution in [0.4, 0.5) is 0 Å². The summed E-state index contributed by atoms with van der Waals surface area (Å²) in [5, 5.41) is 0. The van der Waals surface area contributed by atoms with Crippen LogP contribution in [0.2, 0.25) is 0 Å². The van der Waals surface area contributed by atoms with Gasteiger partial charge in [0.2, 0.25) is 5.91 Å². The van der Waals surface area contributed by atoms with Crippen molar-refractivity contribution in [2.45, 2.75) is 12.8 Å². The third-order valence-electron chi connectivity index (χ3n) is 3.74. The molecule has 0 saturated carbocycles. The molecule has 0 bridgehead atoms. The maximum absolute atomic E-state index is 12.4. The minimum Gasteiger partial charge on any atom is -0.497 e. The lowest BCUT2D eigenvalue weighted by atomic mass is 10.1. The first-order valence-corrected chi connectivity index (χ1v) is 7.48. The van der Waals surface area contributed by atoms with Gasteiger partial charge in [-0.15, -0.1) is 0 Å². The molecule has 1 heterocycles. The Bertz CT molecular complexity index is 644. The number of rotatable bonds is 7. The molecule has 0 N–H and O–H groups in total. The fourth-order valence-electron chi connectivity index (χ4n) is 2.29. The highest BCUT2D eigenvalue weighted by Crippen LogP contribution is 2.24. The van der Waals surface area contributed by atoms with E-state index in [0.29, 0.717) is 18.0 Å². The van der Waals surface area contributed by atoms with Crippen LogP contribution < -0.4 is 9.47 Å². The van der Waals surface area contributed by atoms with E-state index >= 15 is 0 Å². The molecule has 5 nitrogen and oxygen atoms in total. The lowest BCUT2D eigenvalue weighted by molar-refractivity contribution is -0.129. The Morgan fingerprint density at radius 2 is 1.87 bits per heavy atom. The standard InChI is InChI=1S/C18H22N2O3/c1-20(11-8-14-6-9-19-10-7-14)18(21)13-15-12-16(22-2)4-5-17(15)23-3/h4-7,9-10,12H,8,11,13H2,1-3H3. The zero-order valence-electron chi connectivity index (χ0n) is 13.8. The highest BCUT2D eigenvalue weighted by molar-refractivity contribution is 5.79. The molecule has 0 radical (unpaired) electrons.